The quantitative estimate of drug-likeness (QED) is 0.665. The molecule has 0 saturated heterocycles. The SMILES string of the molecule is Cn1c(Cc2cccs2)nnc1SCc1nc(N)nc(N)n1. The van der Waals surface area contributed by atoms with E-state index in [1.54, 1.807) is 11.3 Å². The molecule has 4 N–H and O–H groups in total. The number of hydrogen-bond donors (Lipinski definition) is 2. The summed E-state index contributed by atoms with van der Waals surface area (Å²) < 4.78 is 1.97. The average Bonchev–Trinajstić information content (AvgIpc) is 3.08. The first-order valence-corrected chi connectivity index (χ1v) is 8.27. The molecule has 3 heterocycles. The lowest BCUT2D eigenvalue weighted by molar-refractivity contribution is 0.750. The van der Waals surface area contributed by atoms with Crippen LogP contribution in [0.1, 0.15) is 16.5 Å². The molecule has 0 radical (unpaired) electrons. The van der Waals surface area contributed by atoms with Gasteiger partial charge in [0.1, 0.15) is 11.6 Å². The number of nitrogens with two attached hydrogens (primary N) is 2. The van der Waals surface area contributed by atoms with Gasteiger partial charge in [0.15, 0.2) is 5.16 Å². The van der Waals surface area contributed by atoms with Gasteiger partial charge >= 0.3 is 0 Å². The summed E-state index contributed by atoms with van der Waals surface area (Å²) in [6.45, 7) is 0. The molecule has 0 atom stereocenters. The molecule has 0 fully saturated rings. The first-order valence-electron chi connectivity index (χ1n) is 6.41. The van der Waals surface area contributed by atoms with E-state index in [1.807, 2.05) is 17.7 Å². The Kier molecular flexibility index (Phi) is 4.20. The molecule has 8 nitrogen and oxygen atoms in total. The van der Waals surface area contributed by atoms with Gasteiger partial charge in [0, 0.05) is 18.3 Å². The van der Waals surface area contributed by atoms with E-state index < -0.39 is 0 Å². The Morgan fingerprint density at radius 3 is 2.64 bits per heavy atom. The topological polar surface area (TPSA) is 121 Å². The lowest BCUT2D eigenvalue weighted by Gasteiger charge is -2.03. The second-order valence-corrected chi connectivity index (χ2v) is 6.45. The van der Waals surface area contributed by atoms with E-state index in [1.165, 1.54) is 16.6 Å². The highest BCUT2D eigenvalue weighted by molar-refractivity contribution is 7.98. The summed E-state index contributed by atoms with van der Waals surface area (Å²) in [4.78, 5) is 13.1. The second-order valence-electron chi connectivity index (χ2n) is 4.47. The number of anilines is 2. The van der Waals surface area contributed by atoms with Gasteiger partial charge in [0.2, 0.25) is 11.9 Å². The lowest BCUT2D eigenvalue weighted by Crippen LogP contribution is -2.06. The Bertz CT molecular complexity index is 747. The molecule has 0 unspecified atom stereocenters. The van der Waals surface area contributed by atoms with Crippen LogP contribution in [0.15, 0.2) is 22.7 Å². The van der Waals surface area contributed by atoms with E-state index in [4.69, 9.17) is 11.5 Å². The van der Waals surface area contributed by atoms with Crippen LogP contribution in [0.3, 0.4) is 0 Å². The van der Waals surface area contributed by atoms with Crippen LogP contribution in [0, 0.1) is 0 Å². The standard InChI is InChI=1S/C12H14N8S2/c1-20-9(5-7-3-2-4-21-7)18-19-12(20)22-6-8-15-10(13)17-11(14)16-8/h2-4H,5-6H2,1H3,(H4,13,14,15,16,17). The predicted molar refractivity (Wildman–Crippen MR) is 86.3 cm³/mol. The van der Waals surface area contributed by atoms with E-state index in [2.05, 4.69) is 36.6 Å². The Labute approximate surface area is 135 Å². The summed E-state index contributed by atoms with van der Waals surface area (Å²) in [7, 11) is 1.95. The Morgan fingerprint density at radius 1 is 1.18 bits per heavy atom. The normalized spacial score (nSPS) is 11.0. The second kappa shape index (κ2) is 6.28. The van der Waals surface area contributed by atoms with Crippen molar-refractivity contribution >= 4 is 35.0 Å². The molecular formula is C12H14N8S2. The number of aromatic nitrogens is 6. The van der Waals surface area contributed by atoms with Crippen LogP contribution in [0.5, 0.6) is 0 Å². The zero-order valence-corrected chi connectivity index (χ0v) is 13.4. The molecule has 10 heteroatoms. The molecule has 114 valence electrons. The number of thioether (sulfide) groups is 1. The fourth-order valence-electron chi connectivity index (χ4n) is 1.84. The van der Waals surface area contributed by atoms with Gasteiger partial charge in [-0.2, -0.15) is 15.0 Å². The zero-order chi connectivity index (χ0) is 15.5. The Hall–Kier alpha value is -2.20. The fourth-order valence-corrected chi connectivity index (χ4v) is 3.33. The van der Waals surface area contributed by atoms with Crippen molar-refractivity contribution in [3.63, 3.8) is 0 Å². The van der Waals surface area contributed by atoms with Crippen molar-refractivity contribution in [2.45, 2.75) is 17.3 Å². The van der Waals surface area contributed by atoms with Crippen molar-refractivity contribution in [1.82, 2.24) is 29.7 Å². The van der Waals surface area contributed by atoms with Crippen LogP contribution in [0.4, 0.5) is 11.9 Å². The van der Waals surface area contributed by atoms with E-state index in [0.29, 0.717) is 11.6 Å². The van der Waals surface area contributed by atoms with Gasteiger partial charge in [0.25, 0.3) is 0 Å². The number of rotatable bonds is 5. The van der Waals surface area contributed by atoms with E-state index in [-0.39, 0.29) is 11.9 Å². The maximum Gasteiger partial charge on any atom is 0.225 e. The maximum atomic E-state index is 5.55. The molecule has 0 aliphatic rings. The fraction of sp³-hybridized carbons (Fsp3) is 0.250. The van der Waals surface area contributed by atoms with Crippen molar-refractivity contribution < 1.29 is 0 Å². The van der Waals surface area contributed by atoms with E-state index in [0.717, 1.165) is 17.4 Å². The third kappa shape index (κ3) is 3.34. The summed E-state index contributed by atoms with van der Waals surface area (Å²) in [6.07, 6.45) is 0.771. The minimum atomic E-state index is 0.124. The molecule has 0 bridgehead atoms. The molecule has 0 spiro atoms. The van der Waals surface area contributed by atoms with Gasteiger partial charge in [0.05, 0.1) is 5.75 Å². The van der Waals surface area contributed by atoms with Crippen molar-refractivity contribution in [2.75, 3.05) is 11.5 Å². The summed E-state index contributed by atoms with van der Waals surface area (Å²) in [5.41, 5.74) is 11.1. The minimum absolute atomic E-state index is 0.124. The number of nitrogens with zero attached hydrogens (tertiary/aromatic N) is 6. The van der Waals surface area contributed by atoms with Crippen molar-refractivity contribution in [3.8, 4) is 0 Å². The van der Waals surface area contributed by atoms with Crippen LogP contribution < -0.4 is 11.5 Å². The maximum absolute atomic E-state index is 5.55. The molecule has 0 saturated carbocycles. The van der Waals surface area contributed by atoms with Crippen LogP contribution in [0.2, 0.25) is 0 Å². The summed E-state index contributed by atoms with van der Waals surface area (Å²) in [5.74, 6) is 2.19. The van der Waals surface area contributed by atoms with Gasteiger partial charge in [-0.05, 0) is 11.4 Å². The van der Waals surface area contributed by atoms with E-state index in [9.17, 15) is 0 Å². The predicted octanol–water partition coefficient (Wildman–Crippen LogP) is 1.11. The van der Waals surface area contributed by atoms with Gasteiger partial charge in [-0.25, -0.2) is 0 Å². The van der Waals surface area contributed by atoms with Gasteiger partial charge in [-0.3, -0.25) is 0 Å². The van der Waals surface area contributed by atoms with Gasteiger partial charge in [-0.1, -0.05) is 17.8 Å². The van der Waals surface area contributed by atoms with Crippen molar-refractivity contribution in [1.29, 1.82) is 0 Å². The summed E-state index contributed by atoms with van der Waals surface area (Å²) >= 11 is 3.19. The number of hydrogen-bond acceptors (Lipinski definition) is 9. The Balaban J connectivity index is 1.69. The van der Waals surface area contributed by atoms with Crippen LogP contribution >= 0.6 is 23.1 Å². The zero-order valence-electron chi connectivity index (χ0n) is 11.8. The molecule has 0 amide bonds. The van der Waals surface area contributed by atoms with Crippen molar-refractivity contribution in [3.05, 3.63) is 34.0 Å². The molecule has 0 aromatic carbocycles. The number of thiophene rings is 1. The molecule has 0 aliphatic carbocycles. The number of nitrogen functional groups attached to an aromatic ring is 2. The molecule has 0 aliphatic heterocycles. The largest absolute Gasteiger partial charge is 0.368 e. The lowest BCUT2D eigenvalue weighted by atomic mass is 10.3. The summed E-state index contributed by atoms with van der Waals surface area (Å²) in [6, 6.07) is 4.12. The minimum Gasteiger partial charge on any atom is -0.368 e. The molecule has 3 rings (SSSR count). The third-order valence-electron chi connectivity index (χ3n) is 2.88. The highest BCUT2D eigenvalue weighted by Crippen LogP contribution is 2.21. The van der Waals surface area contributed by atoms with Crippen LogP contribution in [-0.4, -0.2) is 29.7 Å². The Morgan fingerprint density at radius 2 is 1.95 bits per heavy atom. The first kappa shape index (κ1) is 14.7. The van der Waals surface area contributed by atoms with Crippen LogP contribution in [-0.2, 0) is 19.2 Å². The smallest absolute Gasteiger partial charge is 0.225 e. The van der Waals surface area contributed by atoms with Gasteiger partial charge in [-0.15, -0.1) is 21.5 Å². The monoisotopic (exact) mass is 334 g/mol. The molecule has 3 aromatic rings. The highest BCUT2D eigenvalue weighted by atomic mass is 32.2. The van der Waals surface area contributed by atoms with Crippen LogP contribution in [0.25, 0.3) is 0 Å². The van der Waals surface area contributed by atoms with E-state index >= 15 is 0 Å². The molecule has 3 aromatic heterocycles. The summed E-state index contributed by atoms with van der Waals surface area (Å²) in [5, 5.41) is 11.3. The first-order chi connectivity index (χ1) is 10.6. The molecule has 22 heavy (non-hydrogen) atoms. The third-order valence-corrected chi connectivity index (χ3v) is 4.78. The van der Waals surface area contributed by atoms with Gasteiger partial charge < -0.3 is 16.0 Å². The average molecular weight is 334 g/mol. The molecular weight excluding hydrogens is 320 g/mol. The highest BCUT2D eigenvalue weighted by Gasteiger charge is 2.12. The van der Waals surface area contributed by atoms with Crippen molar-refractivity contribution in [2.24, 2.45) is 7.05 Å².